The Hall–Kier alpha value is -2.63. The Balaban J connectivity index is 0.000000552. The van der Waals surface area contributed by atoms with Gasteiger partial charge in [0.05, 0.1) is 6.33 Å². The number of carbonyl (C=O) groups is 2. The average molecular weight is 357 g/mol. The summed E-state index contributed by atoms with van der Waals surface area (Å²) in [7, 11) is 0. The molecule has 6 nitrogen and oxygen atoms in total. The molecule has 0 bridgehead atoms. The number of benzene rings is 1. The first-order chi connectivity index (χ1) is 12.6. The van der Waals surface area contributed by atoms with E-state index in [-0.39, 0.29) is 0 Å². The standard InChI is InChI=1S/C18H23N3O.C2H4O2/c22-18-8-7-17(16-5-2-1-3-6-16)9-13-21(18)12-4-11-20-14-10-19-15-20;1-2(3)4/h1-3,5-6,10,14-15,17H,4,7-9,11-13H2;1H3,(H,3,4). The number of rotatable bonds is 5. The maximum absolute atomic E-state index is 12.3. The van der Waals surface area contributed by atoms with Gasteiger partial charge >= 0.3 is 0 Å². The summed E-state index contributed by atoms with van der Waals surface area (Å²) in [5.41, 5.74) is 1.37. The molecule has 1 unspecified atom stereocenters. The van der Waals surface area contributed by atoms with Gasteiger partial charge in [-0.3, -0.25) is 9.59 Å². The molecule has 0 aliphatic carbocycles. The summed E-state index contributed by atoms with van der Waals surface area (Å²) in [6.45, 7) is 3.73. The van der Waals surface area contributed by atoms with Crippen LogP contribution in [0.4, 0.5) is 0 Å². The van der Waals surface area contributed by atoms with Gasteiger partial charge in [0, 0.05) is 45.4 Å². The Kier molecular flexibility index (Phi) is 7.86. The maximum Gasteiger partial charge on any atom is 0.300 e. The first-order valence-electron chi connectivity index (χ1n) is 9.04. The van der Waals surface area contributed by atoms with Gasteiger partial charge in [-0.2, -0.15) is 0 Å². The van der Waals surface area contributed by atoms with Gasteiger partial charge in [-0.25, -0.2) is 4.98 Å². The summed E-state index contributed by atoms with van der Waals surface area (Å²) in [6, 6.07) is 10.6. The molecule has 0 saturated carbocycles. The lowest BCUT2D eigenvalue weighted by molar-refractivity contribution is -0.134. The number of imidazole rings is 1. The van der Waals surface area contributed by atoms with Crippen LogP contribution < -0.4 is 0 Å². The fraction of sp³-hybridized carbons (Fsp3) is 0.450. The molecule has 1 atom stereocenters. The van der Waals surface area contributed by atoms with Gasteiger partial charge < -0.3 is 14.6 Å². The number of aromatic nitrogens is 2. The van der Waals surface area contributed by atoms with Crippen LogP contribution in [0.2, 0.25) is 0 Å². The number of carboxylic acids is 1. The van der Waals surface area contributed by atoms with E-state index in [9.17, 15) is 4.79 Å². The van der Waals surface area contributed by atoms with Crippen LogP contribution in [-0.4, -0.2) is 44.5 Å². The zero-order chi connectivity index (χ0) is 18.8. The highest BCUT2D eigenvalue weighted by Crippen LogP contribution is 2.28. The molecule has 3 rings (SSSR count). The number of aliphatic carboxylic acids is 1. The number of carbonyl (C=O) groups excluding carboxylic acids is 1. The molecule has 1 saturated heterocycles. The monoisotopic (exact) mass is 357 g/mol. The maximum atomic E-state index is 12.3. The Labute approximate surface area is 154 Å². The molecule has 2 aromatic rings. The largest absolute Gasteiger partial charge is 0.481 e. The van der Waals surface area contributed by atoms with Crippen molar-refractivity contribution in [2.45, 2.75) is 45.1 Å². The van der Waals surface area contributed by atoms with E-state index >= 15 is 0 Å². The summed E-state index contributed by atoms with van der Waals surface area (Å²) in [5.74, 6) is -0.00661. The summed E-state index contributed by atoms with van der Waals surface area (Å²) in [4.78, 5) is 27.4. The van der Waals surface area contributed by atoms with Gasteiger partial charge in [0.2, 0.25) is 5.91 Å². The molecule has 1 fully saturated rings. The minimum Gasteiger partial charge on any atom is -0.481 e. The number of amides is 1. The molecule has 1 aliphatic rings. The quantitative estimate of drug-likeness (QED) is 0.892. The van der Waals surface area contributed by atoms with Gasteiger partial charge in [0.15, 0.2) is 0 Å². The SMILES string of the molecule is CC(=O)O.O=C1CCC(c2ccccc2)CCN1CCCn1ccnc1. The molecule has 1 N–H and O–H groups in total. The minimum absolute atomic E-state index is 0.309. The summed E-state index contributed by atoms with van der Waals surface area (Å²) in [6.07, 6.45) is 9.29. The third-order valence-electron chi connectivity index (χ3n) is 4.48. The van der Waals surface area contributed by atoms with Crippen molar-refractivity contribution in [3.63, 3.8) is 0 Å². The van der Waals surface area contributed by atoms with E-state index in [1.165, 1.54) is 5.56 Å². The first kappa shape index (κ1) is 19.7. The number of likely N-dealkylation sites (tertiary alicyclic amines) is 1. The fourth-order valence-electron chi connectivity index (χ4n) is 3.19. The van der Waals surface area contributed by atoms with E-state index in [4.69, 9.17) is 9.90 Å². The van der Waals surface area contributed by atoms with Crippen LogP contribution in [0.5, 0.6) is 0 Å². The Bertz CT molecular complexity index is 667. The van der Waals surface area contributed by atoms with Crippen LogP contribution in [0.3, 0.4) is 0 Å². The van der Waals surface area contributed by atoms with Crippen LogP contribution in [-0.2, 0) is 16.1 Å². The van der Waals surface area contributed by atoms with Crippen molar-refractivity contribution in [2.75, 3.05) is 13.1 Å². The van der Waals surface area contributed by atoms with Gasteiger partial charge in [0.25, 0.3) is 5.97 Å². The van der Waals surface area contributed by atoms with Crippen LogP contribution in [0, 0.1) is 0 Å². The van der Waals surface area contributed by atoms with E-state index in [0.717, 1.165) is 45.8 Å². The molecule has 1 amide bonds. The van der Waals surface area contributed by atoms with E-state index in [1.54, 1.807) is 6.20 Å². The molecule has 140 valence electrons. The Morgan fingerprint density at radius 3 is 2.62 bits per heavy atom. The highest BCUT2D eigenvalue weighted by molar-refractivity contribution is 5.76. The van der Waals surface area contributed by atoms with Crippen LogP contribution in [0.25, 0.3) is 0 Å². The molecule has 6 heteroatoms. The summed E-state index contributed by atoms with van der Waals surface area (Å²) < 4.78 is 2.06. The molecule has 0 spiro atoms. The van der Waals surface area contributed by atoms with Crippen LogP contribution >= 0.6 is 0 Å². The highest BCUT2D eigenvalue weighted by Gasteiger charge is 2.22. The third-order valence-corrected chi connectivity index (χ3v) is 4.48. The average Bonchev–Trinajstić information content (AvgIpc) is 3.06. The molecule has 1 aromatic carbocycles. The fourth-order valence-corrected chi connectivity index (χ4v) is 3.19. The van der Waals surface area contributed by atoms with Crippen molar-refractivity contribution >= 4 is 11.9 Å². The molecule has 1 aromatic heterocycles. The van der Waals surface area contributed by atoms with Crippen molar-refractivity contribution < 1.29 is 14.7 Å². The Morgan fingerprint density at radius 2 is 1.96 bits per heavy atom. The van der Waals surface area contributed by atoms with Crippen molar-refractivity contribution in [2.24, 2.45) is 0 Å². The van der Waals surface area contributed by atoms with E-state index in [2.05, 4.69) is 33.8 Å². The lowest BCUT2D eigenvalue weighted by Gasteiger charge is -2.21. The molecule has 26 heavy (non-hydrogen) atoms. The predicted molar refractivity (Wildman–Crippen MR) is 99.8 cm³/mol. The minimum atomic E-state index is -0.833. The summed E-state index contributed by atoms with van der Waals surface area (Å²) >= 11 is 0. The Morgan fingerprint density at radius 1 is 1.23 bits per heavy atom. The smallest absolute Gasteiger partial charge is 0.300 e. The number of hydrogen-bond donors (Lipinski definition) is 1. The predicted octanol–water partition coefficient (Wildman–Crippen LogP) is 3.16. The lowest BCUT2D eigenvalue weighted by atomic mass is 9.92. The number of nitrogens with zero attached hydrogens (tertiary/aromatic N) is 3. The van der Waals surface area contributed by atoms with E-state index in [1.807, 2.05) is 23.5 Å². The van der Waals surface area contributed by atoms with E-state index in [0.29, 0.717) is 18.2 Å². The van der Waals surface area contributed by atoms with E-state index < -0.39 is 5.97 Å². The van der Waals surface area contributed by atoms with Crippen LogP contribution in [0.15, 0.2) is 49.1 Å². The highest BCUT2D eigenvalue weighted by atomic mass is 16.4. The van der Waals surface area contributed by atoms with Crippen molar-refractivity contribution in [3.8, 4) is 0 Å². The van der Waals surface area contributed by atoms with Crippen molar-refractivity contribution in [1.82, 2.24) is 14.5 Å². The lowest BCUT2D eigenvalue weighted by Crippen LogP contribution is -2.31. The van der Waals surface area contributed by atoms with Gasteiger partial charge in [-0.15, -0.1) is 0 Å². The molecule has 0 radical (unpaired) electrons. The molecule has 2 heterocycles. The van der Waals surface area contributed by atoms with Crippen molar-refractivity contribution in [1.29, 1.82) is 0 Å². The normalized spacial score (nSPS) is 17.2. The topological polar surface area (TPSA) is 75.4 Å². The third kappa shape index (κ3) is 6.70. The zero-order valence-corrected chi connectivity index (χ0v) is 15.3. The molecular weight excluding hydrogens is 330 g/mol. The van der Waals surface area contributed by atoms with Gasteiger partial charge in [-0.05, 0) is 30.7 Å². The second kappa shape index (κ2) is 10.4. The number of carboxylic acid groups (broad SMARTS) is 1. The van der Waals surface area contributed by atoms with Gasteiger partial charge in [-0.1, -0.05) is 30.3 Å². The number of hydrogen-bond acceptors (Lipinski definition) is 3. The number of aryl methyl sites for hydroxylation is 1. The van der Waals surface area contributed by atoms with Gasteiger partial charge in [0.1, 0.15) is 0 Å². The van der Waals surface area contributed by atoms with Crippen LogP contribution in [0.1, 0.15) is 44.1 Å². The molecule has 1 aliphatic heterocycles. The molecular formula is C20H27N3O3. The second-order valence-corrected chi connectivity index (χ2v) is 6.49. The second-order valence-electron chi connectivity index (χ2n) is 6.49. The summed E-state index contributed by atoms with van der Waals surface area (Å²) in [5, 5.41) is 7.42. The van der Waals surface area contributed by atoms with Crippen molar-refractivity contribution in [3.05, 3.63) is 54.6 Å². The zero-order valence-electron chi connectivity index (χ0n) is 15.3. The first-order valence-corrected chi connectivity index (χ1v) is 9.04.